The molecule has 0 spiro atoms. The maximum absolute atomic E-state index is 12.5. The minimum absolute atomic E-state index is 0.118. The van der Waals surface area contributed by atoms with E-state index in [4.69, 9.17) is 0 Å². The van der Waals surface area contributed by atoms with Gasteiger partial charge in [-0.1, -0.05) is 42.5 Å². The van der Waals surface area contributed by atoms with Gasteiger partial charge in [-0.3, -0.25) is 4.79 Å². The smallest absolute Gasteiger partial charge is 0.255 e. The number of hydrogen-bond acceptors (Lipinski definition) is 3. The fourth-order valence-corrected chi connectivity index (χ4v) is 3.15. The van der Waals surface area contributed by atoms with E-state index in [2.05, 4.69) is 39.5 Å². The zero-order chi connectivity index (χ0) is 17.1. The van der Waals surface area contributed by atoms with Gasteiger partial charge in [-0.25, -0.2) is 4.98 Å². The Labute approximate surface area is 147 Å². The second kappa shape index (κ2) is 6.77. The van der Waals surface area contributed by atoms with Crippen molar-refractivity contribution in [1.82, 2.24) is 4.98 Å². The van der Waals surface area contributed by atoms with E-state index in [1.807, 2.05) is 36.4 Å². The summed E-state index contributed by atoms with van der Waals surface area (Å²) in [6.07, 6.45) is 2.70. The molecule has 4 nitrogen and oxygen atoms in total. The normalized spacial score (nSPS) is 13.2. The highest BCUT2D eigenvalue weighted by Crippen LogP contribution is 2.23. The number of rotatable bonds is 3. The zero-order valence-corrected chi connectivity index (χ0v) is 13.9. The molecule has 0 bridgehead atoms. The quantitative estimate of drug-likeness (QED) is 0.793. The van der Waals surface area contributed by atoms with Crippen molar-refractivity contribution in [3.05, 3.63) is 89.6 Å². The van der Waals surface area contributed by atoms with Crippen molar-refractivity contribution < 1.29 is 4.79 Å². The number of aromatic nitrogens is 1. The van der Waals surface area contributed by atoms with Crippen molar-refractivity contribution in [2.45, 2.75) is 13.0 Å². The number of fused-ring (bicyclic) bond motifs is 1. The first kappa shape index (κ1) is 15.4. The van der Waals surface area contributed by atoms with Gasteiger partial charge in [-0.2, -0.15) is 0 Å². The van der Waals surface area contributed by atoms with Crippen molar-refractivity contribution in [1.29, 1.82) is 0 Å². The molecule has 124 valence electrons. The maximum atomic E-state index is 12.5. The van der Waals surface area contributed by atoms with Gasteiger partial charge in [0.15, 0.2) is 0 Å². The lowest BCUT2D eigenvalue weighted by Gasteiger charge is -2.29. The molecular formula is C21H19N3O. The summed E-state index contributed by atoms with van der Waals surface area (Å²) in [7, 11) is 0. The van der Waals surface area contributed by atoms with Crippen molar-refractivity contribution in [2.75, 3.05) is 16.8 Å². The van der Waals surface area contributed by atoms with Crippen LogP contribution in [0.3, 0.4) is 0 Å². The van der Waals surface area contributed by atoms with E-state index in [-0.39, 0.29) is 5.91 Å². The number of hydrogen-bond donors (Lipinski definition) is 1. The predicted molar refractivity (Wildman–Crippen MR) is 99.8 cm³/mol. The van der Waals surface area contributed by atoms with Gasteiger partial charge in [0.25, 0.3) is 5.91 Å². The molecular weight excluding hydrogens is 310 g/mol. The first-order chi connectivity index (χ1) is 12.3. The third-order valence-corrected chi connectivity index (χ3v) is 4.49. The van der Waals surface area contributed by atoms with Gasteiger partial charge in [-0.15, -0.1) is 0 Å². The molecule has 1 aliphatic heterocycles. The number of benzene rings is 2. The summed E-state index contributed by atoms with van der Waals surface area (Å²) >= 11 is 0. The second-order valence-corrected chi connectivity index (χ2v) is 6.16. The third-order valence-electron chi connectivity index (χ3n) is 4.49. The molecule has 0 atom stereocenters. The Kier molecular flexibility index (Phi) is 4.17. The first-order valence-corrected chi connectivity index (χ1v) is 8.44. The predicted octanol–water partition coefficient (Wildman–Crippen LogP) is 3.90. The number of nitrogens with zero attached hydrogens (tertiary/aromatic N) is 2. The fourth-order valence-electron chi connectivity index (χ4n) is 3.15. The number of carbonyl (C=O) groups is 1. The number of nitrogens with one attached hydrogen (secondary N) is 1. The summed E-state index contributed by atoms with van der Waals surface area (Å²) < 4.78 is 0. The van der Waals surface area contributed by atoms with Crippen LogP contribution in [0.1, 0.15) is 21.5 Å². The van der Waals surface area contributed by atoms with Crippen LogP contribution in [0.4, 0.5) is 11.5 Å². The van der Waals surface area contributed by atoms with Crippen molar-refractivity contribution in [3.8, 4) is 0 Å². The van der Waals surface area contributed by atoms with E-state index in [1.165, 1.54) is 11.1 Å². The van der Waals surface area contributed by atoms with Crippen LogP contribution in [-0.4, -0.2) is 17.4 Å². The molecule has 4 heteroatoms. The highest BCUT2D eigenvalue weighted by Gasteiger charge is 2.18. The molecule has 25 heavy (non-hydrogen) atoms. The van der Waals surface area contributed by atoms with Gasteiger partial charge in [0.2, 0.25) is 0 Å². The topological polar surface area (TPSA) is 45.2 Å². The molecule has 0 saturated heterocycles. The van der Waals surface area contributed by atoms with E-state index in [0.29, 0.717) is 5.56 Å². The van der Waals surface area contributed by atoms with Gasteiger partial charge >= 0.3 is 0 Å². The first-order valence-electron chi connectivity index (χ1n) is 8.44. The molecule has 3 aromatic rings. The highest BCUT2D eigenvalue weighted by atomic mass is 16.1. The number of para-hydroxylation sites is 1. The Morgan fingerprint density at radius 2 is 1.72 bits per heavy atom. The molecule has 0 aliphatic carbocycles. The SMILES string of the molecule is O=C(Nc1ccccc1)c1ccnc(N2CCc3ccccc3C2)c1. The Balaban J connectivity index is 1.53. The Morgan fingerprint density at radius 1 is 0.960 bits per heavy atom. The standard InChI is InChI=1S/C21H19N3O/c25-21(23-19-8-2-1-3-9-19)17-10-12-22-20(14-17)24-13-11-16-6-4-5-7-18(16)15-24/h1-10,12,14H,11,13,15H2,(H,23,25). The molecule has 4 rings (SSSR count). The number of amides is 1. The summed E-state index contributed by atoms with van der Waals surface area (Å²) in [5, 5.41) is 2.92. The summed E-state index contributed by atoms with van der Waals surface area (Å²) in [5.41, 5.74) is 4.14. The van der Waals surface area contributed by atoms with Crippen molar-refractivity contribution in [2.24, 2.45) is 0 Å². The molecule has 0 saturated carbocycles. The van der Waals surface area contributed by atoms with E-state index in [1.54, 1.807) is 12.3 Å². The van der Waals surface area contributed by atoms with Crippen LogP contribution < -0.4 is 10.2 Å². The lowest BCUT2D eigenvalue weighted by molar-refractivity contribution is 0.102. The lowest BCUT2D eigenvalue weighted by Crippen LogP contribution is -2.31. The van der Waals surface area contributed by atoms with Gasteiger partial charge in [0.1, 0.15) is 5.82 Å². The minimum atomic E-state index is -0.118. The van der Waals surface area contributed by atoms with Crippen LogP contribution in [0.15, 0.2) is 72.9 Å². The third kappa shape index (κ3) is 3.38. The average Bonchev–Trinajstić information content (AvgIpc) is 2.68. The Hall–Kier alpha value is -3.14. The van der Waals surface area contributed by atoms with E-state index < -0.39 is 0 Å². The molecule has 1 amide bonds. The minimum Gasteiger partial charge on any atom is -0.352 e. The van der Waals surface area contributed by atoms with Gasteiger partial charge < -0.3 is 10.2 Å². The van der Waals surface area contributed by atoms with E-state index in [0.717, 1.165) is 31.0 Å². The van der Waals surface area contributed by atoms with Crippen LogP contribution in [-0.2, 0) is 13.0 Å². The molecule has 0 fully saturated rings. The fraction of sp³-hybridized carbons (Fsp3) is 0.143. The van der Waals surface area contributed by atoms with Crippen molar-refractivity contribution in [3.63, 3.8) is 0 Å². The Morgan fingerprint density at radius 3 is 2.56 bits per heavy atom. The second-order valence-electron chi connectivity index (χ2n) is 6.16. The van der Waals surface area contributed by atoms with Crippen LogP contribution in [0.25, 0.3) is 0 Å². The molecule has 1 N–H and O–H groups in total. The van der Waals surface area contributed by atoms with Gasteiger partial charge in [-0.05, 0) is 41.8 Å². The average molecular weight is 329 g/mol. The monoisotopic (exact) mass is 329 g/mol. The summed E-state index contributed by atoms with van der Waals surface area (Å²) in [6.45, 7) is 1.74. The lowest BCUT2D eigenvalue weighted by atomic mass is 10.00. The highest BCUT2D eigenvalue weighted by molar-refractivity contribution is 6.04. The number of anilines is 2. The summed E-state index contributed by atoms with van der Waals surface area (Å²) in [5.74, 6) is 0.725. The summed E-state index contributed by atoms with van der Waals surface area (Å²) in [4.78, 5) is 19.2. The van der Waals surface area contributed by atoms with Crippen LogP contribution >= 0.6 is 0 Å². The molecule has 2 aromatic carbocycles. The maximum Gasteiger partial charge on any atom is 0.255 e. The van der Waals surface area contributed by atoms with Crippen LogP contribution in [0.5, 0.6) is 0 Å². The van der Waals surface area contributed by atoms with Gasteiger partial charge in [0, 0.05) is 30.5 Å². The van der Waals surface area contributed by atoms with Crippen molar-refractivity contribution >= 4 is 17.4 Å². The molecule has 0 radical (unpaired) electrons. The van der Waals surface area contributed by atoms with Gasteiger partial charge in [0.05, 0.1) is 0 Å². The number of pyridine rings is 1. The molecule has 0 unspecified atom stereocenters. The van der Waals surface area contributed by atoms with E-state index in [9.17, 15) is 4.79 Å². The summed E-state index contributed by atoms with van der Waals surface area (Å²) in [6, 6.07) is 21.6. The molecule has 2 heterocycles. The molecule has 1 aliphatic rings. The van der Waals surface area contributed by atoms with Crippen LogP contribution in [0.2, 0.25) is 0 Å². The number of carbonyl (C=O) groups excluding carboxylic acids is 1. The Bertz CT molecular complexity index is 892. The molecule has 1 aromatic heterocycles. The largest absolute Gasteiger partial charge is 0.352 e. The van der Waals surface area contributed by atoms with Crippen LogP contribution in [0, 0.1) is 0 Å². The zero-order valence-electron chi connectivity index (χ0n) is 13.9. The van der Waals surface area contributed by atoms with E-state index >= 15 is 0 Å².